The summed E-state index contributed by atoms with van der Waals surface area (Å²) in [6.45, 7) is 0. The molecule has 0 fully saturated rings. The van der Waals surface area contributed by atoms with Crippen molar-refractivity contribution in [2.24, 2.45) is 0 Å². The number of para-hydroxylation sites is 2. The number of benzene rings is 11. The second kappa shape index (κ2) is 14.1. The van der Waals surface area contributed by atoms with E-state index in [4.69, 9.17) is 4.42 Å². The van der Waals surface area contributed by atoms with Gasteiger partial charge >= 0.3 is 0 Å². The van der Waals surface area contributed by atoms with Gasteiger partial charge in [-0.3, -0.25) is 0 Å². The van der Waals surface area contributed by atoms with Crippen LogP contribution >= 0.6 is 0 Å². The molecule has 0 saturated carbocycles. The Kier molecular flexibility index (Phi) is 7.91. The summed E-state index contributed by atoms with van der Waals surface area (Å²) in [6, 6.07) is 83.5. The van der Waals surface area contributed by atoms with Crippen molar-refractivity contribution >= 4 is 93.1 Å². The van der Waals surface area contributed by atoms with E-state index in [1.54, 1.807) is 0 Å². The first-order valence-corrected chi connectivity index (χ1v) is 21.6. The Morgan fingerprint density at radius 3 is 1.73 bits per heavy atom. The number of fused-ring (bicyclic) bond motifs is 11. The van der Waals surface area contributed by atoms with Gasteiger partial charge in [-0.2, -0.15) is 0 Å². The molecule has 0 amide bonds. The second-order valence-electron chi connectivity index (χ2n) is 16.5. The molecule has 0 atom stereocenters. The van der Waals surface area contributed by atoms with E-state index in [1.165, 1.54) is 60.0 Å². The van der Waals surface area contributed by atoms with Crippen LogP contribution in [0.5, 0.6) is 0 Å². The van der Waals surface area contributed by atoms with Crippen LogP contribution in [0.1, 0.15) is 0 Å². The van der Waals surface area contributed by atoms with Crippen molar-refractivity contribution in [3.8, 4) is 27.9 Å². The van der Waals surface area contributed by atoms with Crippen molar-refractivity contribution in [2.75, 3.05) is 4.90 Å². The van der Waals surface area contributed by atoms with Gasteiger partial charge in [-0.25, -0.2) is 0 Å². The zero-order chi connectivity index (χ0) is 41.4. The molecular weight excluding hydrogens is 765 g/mol. The highest BCUT2D eigenvalue weighted by molar-refractivity contribution is 6.22. The molecular formula is C60H38N2O. The fourth-order valence-corrected chi connectivity index (χ4v) is 10.0. The minimum Gasteiger partial charge on any atom is -0.455 e. The maximum absolute atomic E-state index is 6.72. The first-order chi connectivity index (χ1) is 31.2. The summed E-state index contributed by atoms with van der Waals surface area (Å²) in [4.78, 5) is 2.40. The first kappa shape index (κ1) is 35.4. The van der Waals surface area contributed by atoms with Gasteiger partial charge < -0.3 is 13.9 Å². The highest BCUT2D eigenvalue weighted by Crippen LogP contribution is 2.47. The molecule has 294 valence electrons. The summed E-state index contributed by atoms with van der Waals surface area (Å²) in [6.07, 6.45) is 0. The van der Waals surface area contributed by atoms with E-state index in [1.807, 2.05) is 6.07 Å². The number of hydrogen-bond acceptors (Lipinski definition) is 2. The number of anilines is 3. The van der Waals surface area contributed by atoms with Crippen molar-refractivity contribution in [1.82, 2.24) is 4.57 Å². The first-order valence-electron chi connectivity index (χ1n) is 21.6. The van der Waals surface area contributed by atoms with Crippen LogP contribution in [0.4, 0.5) is 17.1 Å². The molecule has 2 heterocycles. The van der Waals surface area contributed by atoms with Gasteiger partial charge in [-0.05, 0) is 98.4 Å². The Bertz CT molecular complexity index is 3890. The van der Waals surface area contributed by atoms with Gasteiger partial charge in [0.15, 0.2) is 0 Å². The molecule has 0 bridgehead atoms. The van der Waals surface area contributed by atoms with Crippen LogP contribution < -0.4 is 4.90 Å². The zero-order valence-electron chi connectivity index (χ0n) is 34.2. The Labute approximate surface area is 363 Å². The third kappa shape index (κ3) is 5.60. The van der Waals surface area contributed by atoms with E-state index in [0.29, 0.717) is 0 Å². The number of hydrogen-bond donors (Lipinski definition) is 0. The van der Waals surface area contributed by atoms with E-state index in [-0.39, 0.29) is 0 Å². The highest BCUT2D eigenvalue weighted by atomic mass is 16.3. The van der Waals surface area contributed by atoms with Crippen LogP contribution in [0.25, 0.3) is 104 Å². The molecule has 3 heteroatoms. The molecule has 13 rings (SSSR count). The second-order valence-corrected chi connectivity index (χ2v) is 16.5. The molecule has 3 nitrogen and oxygen atoms in total. The lowest BCUT2D eigenvalue weighted by Crippen LogP contribution is -2.10. The quantitative estimate of drug-likeness (QED) is 0.167. The van der Waals surface area contributed by atoms with Gasteiger partial charge in [0.05, 0.1) is 22.1 Å². The van der Waals surface area contributed by atoms with E-state index in [9.17, 15) is 0 Å². The van der Waals surface area contributed by atoms with Gasteiger partial charge in [0.2, 0.25) is 0 Å². The monoisotopic (exact) mass is 802 g/mol. The molecule has 0 saturated heterocycles. The maximum Gasteiger partial charge on any atom is 0.145 e. The summed E-state index contributed by atoms with van der Waals surface area (Å²) >= 11 is 0. The van der Waals surface area contributed by atoms with Gasteiger partial charge in [0.25, 0.3) is 0 Å². The molecule has 0 aliphatic carbocycles. The van der Waals surface area contributed by atoms with Gasteiger partial charge in [0.1, 0.15) is 11.2 Å². The minimum absolute atomic E-state index is 0.878. The predicted molar refractivity (Wildman–Crippen MR) is 266 cm³/mol. The number of rotatable bonds is 6. The molecule has 0 N–H and O–H groups in total. The van der Waals surface area contributed by atoms with Gasteiger partial charge in [-0.15, -0.1) is 0 Å². The largest absolute Gasteiger partial charge is 0.455 e. The molecule has 0 unspecified atom stereocenters. The fourth-order valence-electron chi connectivity index (χ4n) is 10.0. The topological polar surface area (TPSA) is 21.3 Å². The van der Waals surface area contributed by atoms with E-state index in [2.05, 4.69) is 234 Å². The molecule has 0 spiro atoms. The summed E-state index contributed by atoms with van der Waals surface area (Å²) in [5, 5.41) is 11.9. The van der Waals surface area contributed by atoms with Gasteiger partial charge in [0, 0.05) is 44.0 Å². The third-order valence-electron chi connectivity index (χ3n) is 12.9. The van der Waals surface area contributed by atoms with Crippen molar-refractivity contribution in [3.05, 3.63) is 231 Å². The molecule has 0 radical (unpaired) electrons. The molecule has 0 aliphatic rings. The molecule has 11 aromatic carbocycles. The lowest BCUT2D eigenvalue weighted by Gasteiger charge is -2.27. The van der Waals surface area contributed by atoms with Crippen molar-refractivity contribution in [1.29, 1.82) is 0 Å². The summed E-state index contributed by atoms with van der Waals surface area (Å²) < 4.78 is 9.16. The van der Waals surface area contributed by atoms with E-state index < -0.39 is 0 Å². The average molecular weight is 803 g/mol. The van der Waals surface area contributed by atoms with Gasteiger partial charge in [-0.1, -0.05) is 176 Å². The van der Waals surface area contributed by atoms with Crippen molar-refractivity contribution in [2.45, 2.75) is 0 Å². The van der Waals surface area contributed by atoms with Crippen molar-refractivity contribution < 1.29 is 4.42 Å². The van der Waals surface area contributed by atoms with Crippen LogP contribution in [0.3, 0.4) is 0 Å². The maximum atomic E-state index is 6.72. The summed E-state index contributed by atoms with van der Waals surface area (Å²) in [5.74, 6) is 0. The van der Waals surface area contributed by atoms with Crippen LogP contribution in [0, 0.1) is 0 Å². The molecule has 2 aromatic heterocycles. The Morgan fingerprint density at radius 1 is 0.365 bits per heavy atom. The predicted octanol–water partition coefficient (Wildman–Crippen LogP) is 16.9. The highest BCUT2D eigenvalue weighted by Gasteiger charge is 2.23. The minimum atomic E-state index is 0.878. The van der Waals surface area contributed by atoms with Crippen LogP contribution in [0.2, 0.25) is 0 Å². The standard InChI is InChI=1S/C60H38N2O/c1-2-17-45(18-3-1)62-55-37-43(30-35-52(55)53-36-29-41-14-5-8-20-50(41)59(53)62)39-25-31-46(32-26-39)61(47-33-27-42(28-34-47)49-23-12-16-40-13-4-7-19-48(40)49)56-38-44-15-6-9-21-51(44)60-58(56)54-22-10-11-24-57(54)63-60/h1-38H. The molecule has 0 aliphatic heterocycles. The Hall–Kier alpha value is -8.40. The summed E-state index contributed by atoms with van der Waals surface area (Å²) in [5.41, 5.74) is 13.3. The van der Waals surface area contributed by atoms with Crippen LogP contribution in [0.15, 0.2) is 235 Å². The number of nitrogens with zero attached hydrogens (tertiary/aromatic N) is 2. The molecule has 13 aromatic rings. The lowest BCUT2D eigenvalue weighted by molar-refractivity contribution is 0.672. The fraction of sp³-hybridized carbons (Fsp3) is 0. The summed E-state index contributed by atoms with van der Waals surface area (Å²) in [7, 11) is 0. The normalized spacial score (nSPS) is 11.8. The Balaban J connectivity index is 0.992. The van der Waals surface area contributed by atoms with Crippen LogP contribution in [-0.4, -0.2) is 4.57 Å². The Morgan fingerprint density at radius 2 is 0.952 bits per heavy atom. The SMILES string of the molecule is c1ccc(-n2c3cc(-c4ccc(N(c5ccc(-c6cccc7ccccc67)cc5)c5cc6ccccc6c6oc7ccccc7c56)cc4)ccc3c3ccc4ccccc4c32)cc1. The van der Waals surface area contributed by atoms with E-state index >= 15 is 0 Å². The number of furan rings is 1. The smallest absolute Gasteiger partial charge is 0.145 e. The van der Waals surface area contributed by atoms with E-state index in [0.717, 1.165) is 61.0 Å². The third-order valence-corrected chi connectivity index (χ3v) is 12.9. The molecule has 63 heavy (non-hydrogen) atoms. The lowest BCUT2D eigenvalue weighted by atomic mass is 9.97. The van der Waals surface area contributed by atoms with Crippen LogP contribution in [-0.2, 0) is 0 Å². The average Bonchev–Trinajstić information content (AvgIpc) is 3.91. The zero-order valence-corrected chi connectivity index (χ0v) is 34.2. The number of aromatic nitrogens is 1. The van der Waals surface area contributed by atoms with Crippen molar-refractivity contribution in [3.63, 3.8) is 0 Å².